The molecule has 4 rings (SSSR count). The molecular weight excluding hydrogens is 355 g/mol. The number of carboxylic acid groups (broad SMARTS) is 1. The van der Waals surface area contributed by atoms with Crippen molar-refractivity contribution in [1.29, 1.82) is 0 Å². The smallest absolute Gasteiger partial charge is 0.341 e. The number of primary amides is 1. The van der Waals surface area contributed by atoms with Crippen LogP contribution in [0.2, 0.25) is 0 Å². The molecule has 1 aliphatic carbocycles. The summed E-state index contributed by atoms with van der Waals surface area (Å²) >= 11 is 0. The number of piperazine rings is 1. The molecule has 1 saturated heterocycles. The van der Waals surface area contributed by atoms with Crippen molar-refractivity contribution < 1.29 is 19.1 Å². The second-order valence-electron chi connectivity index (χ2n) is 6.51. The number of hydrogen-bond donors (Lipinski definition) is 3. The van der Waals surface area contributed by atoms with Gasteiger partial charge in [-0.3, -0.25) is 9.59 Å². The molecule has 8 nitrogen and oxygen atoms in total. The maximum atomic E-state index is 14.6. The van der Waals surface area contributed by atoms with Crippen LogP contribution in [0.1, 0.15) is 29.2 Å². The Morgan fingerprint density at radius 1 is 1.30 bits per heavy atom. The van der Waals surface area contributed by atoms with Crippen LogP contribution in [-0.4, -0.2) is 48.2 Å². The Kier molecular flexibility index (Phi) is 5.41. The van der Waals surface area contributed by atoms with Gasteiger partial charge >= 0.3 is 5.97 Å². The fourth-order valence-corrected chi connectivity index (χ4v) is 3.31. The predicted molar refractivity (Wildman–Crippen MR) is 98.7 cm³/mol. The van der Waals surface area contributed by atoms with E-state index in [0.29, 0.717) is 24.3 Å². The van der Waals surface area contributed by atoms with Crippen LogP contribution >= 0.6 is 0 Å². The van der Waals surface area contributed by atoms with Crippen molar-refractivity contribution >= 4 is 29.0 Å². The molecule has 9 heteroatoms. The largest absolute Gasteiger partial charge is 0.477 e. The lowest BCUT2D eigenvalue weighted by atomic mass is 10.1. The highest BCUT2D eigenvalue weighted by atomic mass is 19.1. The number of nitrogens with one attached hydrogen (secondary N) is 1. The average molecular weight is 376 g/mol. The molecule has 2 aliphatic rings. The average Bonchev–Trinajstić information content (AvgIpc) is 3.48. The first kappa shape index (κ1) is 18.8. The van der Waals surface area contributed by atoms with Crippen molar-refractivity contribution in [3.8, 4) is 0 Å². The van der Waals surface area contributed by atoms with Gasteiger partial charge in [-0.15, -0.1) is 0 Å². The summed E-state index contributed by atoms with van der Waals surface area (Å²) in [5.74, 6) is -1.76. The third-order valence-corrected chi connectivity index (χ3v) is 4.73. The molecule has 0 atom stereocenters. The topological polar surface area (TPSA) is 118 Å². The van der Waals surface area contributed by atoms with Gasteiger partial charge in [-0.05, 0) is 25.0 Å². The van der Waals surface area contributed by atoms with Crippen molar-refractivity contribution in [2.24, 2.45) is 5.73 Å². The number of nitrogens with zero attached hydrogens (tertiary/aromatic N) is 2. The summed E-state index contributed by atoms with van der Waals surface area (Å²) in [5, 5.41) is 12.6. The molecule has 0 unspecified atom stereocenters. The first-order valence-electron chi connectivity index (χ1n) is 8.70. The molecule has 0 spiro atoms. The molecule has 4 N–H and O–H groups in total. The Morgan fingerprint density at radius 2 is 1.93 bits per heavy atom. The zero-order valence-electron chi connectivity index (χ0n) is 14.7. The molecule has 1 saturated carbocycles. The SMILES string of the molecule is NC=O.O=C(O)c1cn(C2CC2)c2cc(N3CCNCC3)c(F)cc2c1=O. The van der Waals surface area contributed by atoms with Crippen LogP contribution in [0.25, 0.3) is 10.9 Å². The summed E-state index contributed by atoms with van der Waals surface area (Å²) in [7, 11) is 0. The van der Waals surface area contributed by atoms with Gasteiger partial charge < -0.3 is 25.6 Å². The van der Waals surface area contributed by atoms with Crippen LogP contribution in [0.3, 0.4) is 0 Å². The minimum atomic E-state index is -1.28. The minimum Gasteiger partial charge on any atom is -0.477 e. The van der Waals surface area contributed by atoms with Crippen molar-refractivity contribution in [3.05, 3.63) is 39.9 Å². The highest BCUT2D eigenvalue weighted by Crippen LogP contribution is 2.38. The van der Waals surface area contributed by atoms with Crippen LogP contribution in [0.15, 0.2) is 23.1 Å². The van der Waals surface area contributed by atoms with Crippen molar-refractivity contribution in [3.63, 3.8) is 0 Å². The Labute approximate surface area is 154 Å². The highest BCUT2D eigenvalue weighted by molar-refractivity contribution is 5.93. The fraction of sp³-hybridized carbons (Fsp3) is 0.389. The number of rotatable bonds is 3. The number of hydrogen-bond acceptors (Lipinski definition) is 5. The number of anilines is 1. The van der Waals surface area contributed by atoms with Gasteiger partial charge in [0.25, 0.3) is 0 Å². The second kappa shape index (κ2) is 7.75. The van der Waals surface area contributed by atoms with E-state index in [-0.39, 0.29) is 23.4 Å². The third-order valence-electron chi connectivity index (χ3n) is 4.73. The number of aromatic carboxylic acids is 1. The maximum absolute atomic E-state index is 14.6. The molecule has 144 valence electrons. The number of carboxylic acids is 1. The summed E-state index contributed by atoms with van der Waals surface area (Å²) in [6, 6.07) is 3.08. The van der Waals surface area contributed by atoms with E-state index in [9.17, 15) is 19.1 Å². The number of carbonyl (C=O) groups is 2. The summed E-state index contributed by atoms with van der Waals surface area (Å²) in [4.78, 5) is 34.3. The number of aromatic nitrogens is 1. The summed E-state index contributed by atoms with van der Waals surface area (Å²) in [6.45, 7) is 2.96. The first-order chi connectivity index (χ1) is 13.0. The van der Waals surface area contributed by atoms with Crippen LogP contribution in [0.4, 0.5) is 10.1 Å². The number of halogens is 1. The van der Waals surface area contributed by atoms with Gasteiger partial charge in [-0.25, -0.2) is 9.18 Å². The molecule has 2 fully saturated rings. The summed E-state index contributed by atoms with van der Waals surface area (Å²) in [5.41, 5.74) is 4.33. The number of fused-ring (bicyclic) bond motifs is 1. The standard InChI is InChI=1S/C17H18FN3O3.CH3NO/c18-13-7-11-14(8-15(13)20-5-3-19-4-6-20)21(10-1-2-10)9-12(16(11)22)17(23)24;2-1-3/h7-10,19H,1-6H2,(H,23,24);1H,(H2,2,3). The molecule has 0 bridgehead atoms. The van der Waals surface area contributed by atoms with Crippen molar-refractivity contribution in [2.45, 2.75) is 18.9 Å². The summed E-state index contributed by atoms with van der Waals surface area (Å²) in [6.07, 6.45) is 3.54. The normalized spacial score (nSPS) is 16.6. The lowest BCUT2D eigenvalue weighted by Gasteiger charge is -2.30. The van der Waals surface area contributed by atoms with Gasteiger partial charge in [0.15, 0.2) is 0 Å². The van der Waals surface area contributed by atoms with E-state index in [4.69, 9.17) is 4.79 Å². The van der Waals surface area contributed by atoms with Gasteiger partial charge in [-0.1, -0.05) is 0 Å². The number of benzene rings is 1. The Balaban J connectivity index is 0.000000659. The Bertz CT molecular complexity index is 933. The summed E-state index contributed by atoms with van der Waals surface area (Å²) < 4.78 is 16.4. The van der Waals surface area contributed by atoms with Gasteiger partial charge in [0, 0.05) is 43.8 Å². The zero-order valence-corrected chi connectivity index (χ0v) is 14.7. The van der Waals surface area contributed by atoms with E-state index in [1.165, 1.54) is 12.3 Å². The number of pyridine rings is 1. The number of nitrogens with two attached hydrogens (primary N) is 1. The first-order valence-corrected chi connectivity index (χ1v) is 8.70. The molecule has 1 amide bonds. The van der Waals surface area contributed by atoms with Gasteiger partial charge in [0.05, 0.1) is 11.2 Å². The van der Waals surface area contributed by atoms with Crippen molar-refractivity contribution in [2.75, 3.05) is 31.1 Å². The second-order valence-corrected chi connectivity index (χ2v) is 6.51. The minimum absolute atomic E-state index is 0.137. The van der Waals surface area contributed by atoms with E-state index in [1.54, 1.807) is 6.07 Å². The molecule has 2 heterocycles. The van der Waals surface area contributed by atoms with E-state index >= 15 is 0 Å². The molecule has 27 heavy (non-hydrogen) atoms. The number of carbonyl (C=O) groups excluding carboxylic acids is 1. The Morgan fingerprint density at radius 3 is 2.48 bits per heavy atom. The molecular formula is C18H21FN4O4. The van der Waals surface area contributed by atoms with Gasteiger partial charge in [-0.2, -0.15) is 0 Å². The van der Waals surface area contributed by atoms with Gasteiger partial charge in [0.1, 0.15) is 11.4 Å². The molecule has 0 radical (unpaired) electrons. The molecule has 1 aromatic heterocycles. The van der Waals surface area contributed by atoms with E-state index in [2.05, 4.69) is 11.1 Å². The highest BCUT2D eigenvalue weighted by Gasteiger charge is 2.28. The van der Waals surface area contributed by atoms with Gasteiger partial charge in [0.2, 0.25) is 11.8 Å². The fourth-order valence-electron chi connectivity index (χ4n) is 3.31. The lowest BCUT2D eigenvalue weighted by Crippen LogP contribution is -2.43. The van der Waals surface area contributed by atoms with Crippen LogP contribution < -0.4 is 21.4 Å². The van der Waals surface area contributed by atoms with Crippen molar-refractivity contribution in [1.82, 2.24) is 9.88 Å². The molecule has 1 aromatic carbocycles. The lowest BCUT2D eigenvalue weighted by molar-refractivity contribution is -0.106. The van der Waals surface area contributed by atoms with Crippen LogP contribution in [0, 0.1) is 5.82 Å². The zero-order chi connectivity index (χ0) is 19.6. The Hall–Kier alpha value is -2.94. The van der Waals surface area contributed by atoms with E-state index < -0.39 is 17.2 Å². The predicted octanol–water partition coefficient (Wildman–Crippen LogP) is 0.685. The molecule has 1 aliphatic heterocycles. The van der Waals surface area contributed by atoms with E-state index in [1.807, 2.05) is 9.47 Å². The number of amides is 1. The van der Waals surface area contributed by atoms with Crippen LogP contribution in [0.5, 0.6) is 0 Å². The maximum Gasteiger partial charge on any atom is 0.341 e. The van der Waals surface area contributed by atoms with E-state index in [0.717, 1.165) is 25.9 Å². The monoisotopic (exact) mass is 376 g/mol. The van der Waals surface area contributed by atoms with Crippen LogP contribution in [-0.2, 0) is 4.79 Å². The quantitative estimate of drug-likeness (QED) is 0.678. The molecule has 2 aromatic rings. The third kappa shape index (κ3) is 3.77.